The molecule has 0 aromatic heterocycles. The highest BCUT2D eigenvalue weighted by atomic mass is 16.5. The fourth-order valence-corrected chi connectivity index (χ4v) is 5.24. The fourth-order valence-electron chi connectivity index (χ4n) is 5.24. The molecule has 2 unspecified atom stereocenters. The van der Waals surface area contributed by atoms with Crippen LogP contribution >= 0.6 is 0 Å². The van der Waals surface area contributed by atoms with Crippen LogP contribution < -0.4 is 5.32 Å². The van der Waals surface area contributed by atoms with E-state index in [1.807, 2.05) is 45.0 Å². The average molecular weight is 479 g/mol. The molecule has 186 valence electrons. The predicted molar refractivity (Wildman–Crippen MR) is 133 cm³/mol. The standard InChI is InChI=1S/C28H34N2O5/c1-4-17(2)25(26(31)30-14-13-18(3)23(15-30)27(32)33)29-28(34)35-16-24-21-11-7-5-9-19(21)20-10-6-8-12-22(20)24/h5-12,17-18,23-25H,4,13-16H2,1-3H3,(H,29,34)(H,32,33)/t17-,18?,23?,25-/m0/s1. The number of nitrogens with one attached hydrogen (secondary N) is 1. The highest BCUT2D eigenvalue weighted by Crippen LogP contribution is 2.44. The predicted octanol–water partition coefficient (Wildman–Crippen LogP) is 4.51. The monoisotopic (exact) mass is 478 g/mol. The number of alkyl carbamates (subject to hydrolysis) is 1. The van der Waals surface area contributed by atoms with Crippen molar-refractivity contribution in [2.75, 3.05) is 19.7 Å². The second-order valence-electron chi connectivity index (χ2n) is 9.83. The summed E-state index contributed by atoms with van der Waals surface area (Å²) in [5.41, 5.74) is 4.55. The number of piperidine rings is 1. The van der Waals surface area contributed by atoms with Crippen LogP contribution in [-0.4, -0.2) is 53.7 Å². The number of hydrogen-bond acceptors (Lipinski definition) is 4. The number of ether oxygens (including phenoxy) is 1. The maximum Gasteiger partial charge on any atom is 0.407 e. The second kappa shape index (κ2) is 10.5. The molecule has 35 heavy (non-hydrogen) atoms. The molecular formula is C28H34N2O5. The lowest BCUT2D eigenvalue weighted by atomic mass is 9.86. The van der Waals surface area contributed by atoms with Gasteiger partial charge in [-0.25, -0.2) is 4.79 Å². The van der Waals surface area contributed by atoms with Gasteiger partial charge in [0.2, 0.25) is 5.91 Å². The van der Waals surface area contributed by atoms with Crippen LogP contribution in [0, 0.1) is 17.8 Å². The van der Waals surface area contributed by atoms with E-state index in [9.17, 15) is 19.5 Å². The molecule has 2 amide bonds. The van der Waals surface area contributed by atoms with Crippen molar-refractivity contribution in [2.24, 2.45) is 17.8 Å². The Morgan fingerprint density at radius 1 is 1.09 bits per heavy atom. The first-order valence-electron chi connectivity index (χ1n) is 12.4. The minimum Gasteiger partial charge on any atom is -0.481 e. The molecule has 7 nitrogen and oxygen atoms in total. The van der Waals surface area contributed by atoms with Gasteiger partial charge in [-0.2, -0.15) is 0 Å². The van der Waals surface area contributed by atoms with Gasteiger partial charge in [-0.15, -0.1) is 0 Å². The van der Waals surface area contributed by atoms with Crippen molar-refractivity contribution in [3.8, 4) is 11.1 Å². The Morgan fingerprint density at radius 2 is 1.69 bits per heavy atom. The van der Waals surface area contributed by atoms with Crippen LogP contribution in [0.5, 0.6) is 0 Å². The summed E-state index contributed by atoms with van der Waals surface area (Å²) in [5, 5.41) is 12.3. The number of carbonyl (C=O) groups excluding carboxylic acids is 2. The Hall–Kier alpha value is -3.35. The van der Waals surface area contributed by atoms with Gasteiger partial charge in [0.25, 0.3) is 0 Å². The zero-order valence-electron chi connectivity index (χ0n) is 20.6. The highest BCUT2D eigenvalue weighted by Gasteiger charge is 2.38. The van der Waals surface area contributed by atoms with Crippen molar-refractivity contribution < 1.29 is 24.2 Å². The van der Waals surface area contributed by atoms with Crippen molar-refractivity contribution in [2.45, 2.75) is 45.6 Å². The molecule has 0 radical (unpaired) electrons. The van der Waals surface area contributed by atoms with E-state index in [0.29, 0.717) is 19.4 Å². The average Bonchev–Trinajstić information content (AvgIpc) is 3.19. The molecule has 1 fully saturated rings. The lowest BCUT2D eigenvalue weighted by Crippen LogP contribution is -2.55. The van der Waals surface area contributed by atoms with Crippen molar-refractivity contribution in [1.82, 2.24) is 10.2 Å². The van der Waals surface area contributed by atoms with Crippen LogP contribution in [0.25, 0.3) is 11.1 Å². The van der Waals surface area contributed by atoms with E-state index in [-0.39, 0.29) is 36.8 Å². The molecule has 1 aliphatic heterocycles. The first-order chi connectivity index (χ1) is 16.8. The molecule has 2 aromatic carbocycles. The third-order valence-electron chi connectivity index (χ3n) is 7.68. The van der Waals surface area contributed by atoms with Gasteiger partial charge in [0, 0.05) is 19.0 Å². The summed E-state index contributed by atoms with van der Waals surface area (Å²) in [6.07, 6.45) is 0.679. The van der Waals surface area contributed by atoms with Crippen molar-refractivity contribution in [1.29, 1.82) is 0 Å². The largest absolute Gasteiger partial charge is 0.481 e. The summed E-state index contributed by atoms with van der Waals surface area (Å²) < 4.78 is 5.66. The number of likely N-dealkylation sites (tertiary alicyclic amines) is 1. The number of nitrogens with zero attached hydrogens (tertiary/aromatic N) is 1. The van der Waals surface area contributed by atoms with E-state index in [1.54, 1.807) is 4.90 Å². The molecule has 1 heterocycles. The number of carboxylic acids is 1. The second-order valence-corrected chi connectivity index (χ2v) is 9.83. The summed E-state index contributed by atoms with van der Waals surface area (Å²) in [6, 6.07) is 15.5. The smallest absolute Gasteiger partial charge is 0.407 e. The molecule has 0 bridgehead atoms. The van der Waals surface area contributed by atoms with Gasteiger partial charge in [-0.05, 0) is 40.5 Å². The van der Waals surface area contributed by atoms with Crippen molar-refractivity contribution in [3.05, 3.63) is 59.7 Å². The number of rotatable bonds is 7. The van der Waals surface area contributed by atoms with Gasteiger partial charge < -0.3 is 20.1 Å². The van der Waals surface area contributed by atoms with Crippen LogP contribution in [0.1, 0.15) is 50.7 Å². The number of hydrogen-bond donors (Lipinski definition) is 2. The van der Waals surface area contributed by atoms with E-state index in [1.165, 1.54) is 0 Å². The molecule has 1 aliphatic carbocycles. The van der Waals surface area contributed by atoms with Crippen LogP contribution in [0.15, 0.2) is 48.5 Å². The molecule has 2 aromatic rings. The van der Waals surface area contributed by atoms with E-state index >= 15 is 0 Å². The summed E-state index contributed by atoms with van der Waals surface area (Å²) >= 11 is 0. The Bertz CT molecular complexity index is 1050. The SMILES string of the molecule is CC[C@H](C)[C@H](NC(=O)OCC1c2ccccc2-c2ccccc21)C(=O)N1CCC(C)C(C(=O)O)C1. The quantitative estimate of drug-likeness (QED) is 0.611. The summed E-state index contributed by atoms with van der Waals surface area (Å²) in [5.74, 6) is -1.91. The van der Waals surface area contributed by atoms with Crippen molar-refractivity contribution in [3.63, 3.8) is 0 Å². The van der Waals surface area contributed by atoms with Crippen LogP contribution in [0.3, 0.4) is 0 Å². The van der Waals surface area contributed by atoms with Crippen LogP contribution in [0.4, 0.5) is 4.79 Å². The Labute approximate surface area is 206 Å². The first-order valence-corrected chi connectivity index (χ1v) is 12.4. The van der Waals surface area contributed by atoms with Crippen LogP contribution in [0.2, 0.25) is 0 Å². The molecule has 2 aliphatic rings. The van der Waals surface area contributed by atoms with E-state index in [4.69, 9.17) is 4.74 Å². The normalized spacial score (nSPS) is 20.9. The van der Waals surface area contributed by atoms with Gasteiger partial charge in [0.15, 0.2) is 0 Å². The molecule has 4 rings (SSSR count). The summed E-state index contributed by atoms with van der Waals surface area (Å²) in [6.45, 7) is 6.60. The van der Waals surface area contributed by atoms with Gasteiger partial charge >= 0.3 is 12.1 Å². The van der Waals surface area contributed by atoms with E-state index in [2.05, 4.69) is 29.6 Å². The number of carbonyl (C=O) groups is 3. The summed E-state index contributed by atoms with van der Waals surface area (Å²) in [7, 11) is 0. The maximum absolute atomic E-state index is 13.4. The molecule has 1 saturated heterocycles. The molecular weight excluding hydrogens is 444 g/mol. The number of fused-ring (bicyclic) bond motifs is 3. The lowest BCUT2D eigenvalue weighted by Gasteiger charge is -2.37. The van der Waals surface area contributed by atoms with Gasteiger partial charge in [-0.3, -0.25) is 9.59 Å². The van der Waals surface area contributed by atoms with Gasteiger partial charge in [0.05, 0.1) is 5.92 Å². The first kappa shape index (κ1) is 24.8. The van der Waals surface area contributed by atoms with E-state index < -0.39 is 24.0 Å². The zero-order chi connectivity index (χ0) is 25.1. The number of amides is 2. The Balaban J connectivity index is 1.43. The fraction of sp³-hybridized carbons (Fsp3) is 0.464. The maximum atomic E-state index is 13.4. The molecule has 4 atom stereocenters. The Morgan fingerprint density at radius 3 is 2.26 bits per heavy atom. The Kier molecular flexibility index (Phi) is 7.43. The third kappa shape index (κ3) is 5.04. The van der Waals surface area contributed by atoms with Gasteiger partial charge in [-0.1, -0.05) is 75.7 Å². The minimum atomic E-state index is -0.889. The summed E-state index contributed by atoms with van der Waals surface area (Å²) in [4.78, 5) is 39.4. The number of benzene rings is 2. The van der Waals surface area contributed by atoms with Gasteiger partial charge in [0.1, 0.15) is 12.6 Å². The molecule has 7 heteroatoms. The number of aliphatic carboxylic acids is 1. The number of carboxylic acid groups (broad SMARTS) is 1. The van der Waals surface area contributed by atoms with E-state index in [0.717, 1.165) is 22.3 Å². The lowest BCUT2D eigenvalue weighted by molar-refractivity contribution is -0.149. The molecule has 0 spiro atoms. The molecule has 2 N–H and O–H groups in total. The zero-order valence-corrected chi connectivity index (χ0v) is 20.6. The van der Waals surface area contributed by atoms with Crippen LogP contribution in [-0.2, 0) is 14.3 Å². The topological polar surface area (TPSA) is 95.9 Å². The minimum absolute atomic E-state index is 0.00805. The third-order valence-corrected chi connectivity index (χ3v) is 7.68. The highest BCUT2D eigenvalue weighted by molar-refractivity contribution is 5.87. The van der Waals surface area contributed by atoms with Crippen molar-refractivity contribution >= 4 is 18.0 Å². The molecule has 0 saturated carbocycles.